The van der Waals surface area contributed by atoms with Crippen LogP contribution in [0.2, 0.25) is 0 Å². The molecule has 0 spiro atoms. The van der Waals surface area contributed by atoms with Gasteiger partial charge in [0.2, 0.25) is 0 Å². The number of halogens is 3. The van der Waals surface area contributed by atoms with Crippen LogP contribution in [0.5, 0.6) is 0 Å². The highest BCUT2D eigenvalue weighted by Crippen LogP contribution is 2.14. The van der Waals surface area contributed by atoms with E-state index in [1.807, 2.05) is 0 Å². The predicted molar refractivity (Wildman–Crippen MR) is 44.5 cm³/mol. The van der Waals surface area contributed by atoms with Gasteiger partial charge in [-0.05, 0) is 38.4 Å². The summed E-state index contributed by atoms with van der Waals surface area (Å²) < 4.78 is 35.2. The summed E-state index contributed by atoms with van der Waals surface area (Å²) in [7, 11) is 0. The lowest BCUT2D eigenvalue weighted by Crippen LogP contribution is -2.37. The molecular formula is C8H15F3N2. The molecule has 1 aliphatic rings. The van der Waals surface area contributed by atoms with Gasteiger partial charge in [-0.25, -0.2) is 0 Å². The van der Waals surface area contributed by atoms with Crippen molar-refractivity contribution in [3.05, 3.63) is 0 Å². The molecule has 1 fully saturated rings. The van der Waals surface area contributed by atoms with Crippen LogP contribution in [0, 0.1) is 5.92 Å². The average molecular weight is 196 g/mol. The van der Waals surface area contributed by atoms with Crippen LogP contribution < -0.4 is 10.6 Å². The number of hydrogen-bond donors (Lipinski definition) is 2. The molecule has 0 unspecified atom stereocenters. The fourth-order valence-electron chi connectivity index (χ4n) is 1.50. The Labute approximate surface area is 75.9 Å². The summed E-state index contributed by atoms with van der Waals surface area (Å²) >= 11 is 0. The molecule has 0 aliphatic carbocycles. The van der Waals surface area contributed by atoms with Gasteiger partial charge in [0, 0.05) is 0 Å². The first-order valence-corrected chi connectivity index (χ1v) is 4.56. The maximum Gasteiger partial charge on any atom is 0.401 e. The molecule has 0 saturated carbocycles. The second-order valence-corrected chi connectivity index (χ2v) is 3.44. The van der Waals surface area contributed by atoms with E-state index in [1.165, 1.54) is 0 Å². The number of rotatable bonds is 3. The predicted octanol–water partition coefficient (Wildman–Crippen LogP) is 1.14. The van der Waals surface area contributed by atoms with Gasteiger partial charge in [-0.3, -0.25) is 0 Å². The minimum Gasteiger partial charge on any atom is -0.317 e. The van der Waals surface area contributed by atoms with Crippen LogP contribution in [-0.2, 0) is 0 Å². The molecule has 1 saturated heterocycles. The third-order valence-electron chi connectivity index (χ3n) is 2.22. The van der Waals surface area contributed by atoms with Gasteiger partial charge in [0.1, 0.15) is 0 Å². The summed E-state index contributed by atoms with van der Waals surface area (Å²) in [5.74, 6) is 0.406. The molecule has 1 rings (SSSR count). The maximum absolute atomic E-state index is 11.7. The molecule has 2 N–H and O–H groups in total. The standard InChI is InChI=1S/C8H15F3N2/c9-8(10,11)6-13-5-7-1-3-12-4-2-7/h7,12-13H,1-6H2. The average Bonchev–Trinajstić information content (AvgIpc) is 2.04. The van der Waals surface area contributed by atoms with Crippen molar-refractivity contribution in [1.29, 1.82) is 0 Å². The molecule has 0 bridgehead atoms. The number of hydrogen-bond acceptors (Lipinski definition) is 2. The Morgan fingerprint density at radius 1 is 1.23 bits per heavy atom. The zero-order valence-electron chi connectivity index (χ0n) is 7.45. The summed E-state index contributed by atoms with van der Waals surface area (Å²) in [6.07, 6.45) is -2.12. The number of nitrogens with one attached hydrogen (secondary N) is 2. The molecule has 0 radical (unpaired) electrons. The molecule has 5 heteroatoms. The second kappa shape index (κ2) is 4.81. The van der Waals surface area contributed by atoms with Gasteiger partial charge in [-0.1, -0.05) is 0 Å². The van der Waals surface area contributed by atoms with Crippen LogP contribution in [0.3, 0.4) is 0 Å². The Hall–Kier alpha value is -0.290. The van der Waals surface area contributed by atoms with E-state index in [1.54, 1.807) is 0 Å². The smallest absolute Gasteiger partial charge is 0.317 e. The van der Waals surface area contributed by atoms with Crippen LogP contribution in [0.4, 0.5) is 13.2 Å². The van der Waals surface area contributed by atoms with E-state index >= 15 is 0 Å². The summed E-state index contributed by atoms with van der Waals surface area (Å²) in [6, 6.07) is 0. The molecule has 0 aromatic heterocycles. The van der Waals surface area contributed by atoms with Crippen LogP contribution in [0.15, 0.2) is 0 Å². The van der Waals surface area contributed by atoms with Crippen molar-refractivity contribution in [1.82, 2.24) is 10.6 Å². The Bertz CT molecular complexity index is 141. The molecule has 0 aromatic rings. The molecule has 0 atom stereocenters. The molecule has 0 amide bonds. The molecule has 13 heavy (non-hydrogen) atoms. The summed E-state index contributed by atoms with van der Waals surface area (Å²) in [5, 5.41) is 5.61. The third-order valence-corrected chi connectivity index (χ3v) is 2.22. The summed E-state index contributed by atoms with van der Waals surface area (Å²) in [6.45, 7) is 1.48. The first kappa shape index (κ1) is 10.8. The first-order chi connectivity index (χ1) is 6.08. The maximum atomic E-state index is 11.7. The van der Waals surface area contributed by atoms with Gasteiger partial charge in [0.15, 0.2) is 0 Å². The highest BCUT2D eigenvalue weighted by Gasteiger charge is 2.26. The molecule has 1 aliphatic heterocycles. The van der Waals surface area contributed by atoms with Crippen molar-refractivity contribution in [3.8, 4) is 0 Å². The number of piperidine rings is 1. The molecule has 1 heterocycles. The van der Waals surface area contributed by atoms with E-state index in [9.17, 15) is 13.2 Å². The van der Waals surface area contributed by atoms with Crippen LogP contribution in [0.1, 0.15) is 12.8 Å². The zero-order valence-corrected chi connectivity index (χ0v) is 7.45. The first-order valence-electron chi connectivity index (χ1n) is 4.56. The van der Waals surface area contributed by atoms with Crippen molar-refractivity contribution < 1.29 is 13.2 Å². The van der Waals surface area contributed by atoms with Crippen molar-refractivity contribution in [2.24, 2.45) is 5.92 Å². The third kappa shape index (κ3) is 5.10. The lowest BCUT2D eigenvalue weighted by Gasteiger charge is -2.23. The van der Waals surface area contributed by atoms with Gasteiger partial charge < -0.3 is 10.6 Å². The Balaban J connectivity index is 2.04. The Kier molecular flexibility index (Phi) is 3.99. The van der Waals surface area contributed by atoms with Crippen LogP contribution >= 0.6 is 0 Å². The minimum absolute atomic E-state index is 0.406. The van der Waals surface area contributed by atoms with Crippen LogP contribution in [-0.4, -0.2) is 32.4 Å². The summed E-state index contributed by atoms with van der Waals surface area (Å²) in [4.78, 5) is 0. The molecular weight excluding hydrogens is 181 g/mol. The topological polar surface area (TPSA) is 24.1 Å². The van der Waals surface area contributed by atoms with E-state index in [-0.39, 0.29) is 0 Å². The fourth-order valence-corrected chi connectivity index (χ4v) is 1.50. The van der Waals surface area contributed by atoms with E-state index in [0.29, 0.717) is 12.5 Å². The van der Waals surface area contributed by atoms with Crippen molar-refractivity contribution in [2.45, 2.75) is 19.0 Å². The van der Waals surface area contributed by atoms with Gasteiger partial charge in [0.25, 0.3) is 0 Å². The fraction of sp³-hybridized carbons (Fsp3) is 1.00. The van der Waals surface area contributed by atoms with Crippen LogP contribution in [0.25, 0.3) is 0 Å². The van der Waals surface area contributed by atoms with E-state index in [4.69, 9.17) is 0 Å². The van der Waals surface area contributed by atoms with Crippen molar-refractivity contribution >= 4 is 0 Å². The van der Waals surface area contributed by atoms with Crippen molar-refractivity contribution in [3.63, 3.8) is 0 Å². The molecule has 2 nitrogen and oxygen atoms in total. The lowest BCUT2D eigenvalue weighted by molar-refractivity contribution is -0.125. The monoisotopic (exact) mass is 196 g/mol. The van der Waals surface area contributed by atoms with E-state index in [2.05, 4.69) is 10.6 Å². The minimum atomic E-state index is -4.08. The zero-order chi connectivity index (χ0) is 9.73. The highest BCUT2D eigenvalue weighted by atomic mass is 19.4. The Morgan fingerprint density at radius 3 is 2.38 bits per heavy atom. The largest absolute Gasteiger partial charge is 0.401 e. The SMILES string of the molecule is FC(F)(F)CNCC1CCNCC1. The van der Waals surface area contributed by atoms with Gasteiger partial charge in [-0.2, -0.15) is 13.2 Å². The number of alkyl halides is 3. The van der Waals surface area contributed by atoms with Gasteiger partial charge in [-0.15, -0.1) is 0 Å². The van der Waals surface area contributed by atoms with Crippen molar-refractivity contribution in [2.75, 3.05) is 26.2 Å². The molecule has 78 valence electrons. The molecule has 0 aromatic carbocycles. The van der Waals surface area contributed by atoms with Gasteiger partial charge in [0.05, 0.1) is 6.54 Å². The normalized spacial score (nSPS) is 20.5. The second-order valence-electron chi connectivity index (χ2n) is 3.44. The summed E-state index contributed by atoms with van der Waals surface area (Å²) in [5.41, 5.74) is 0. The van der Waals surface area contributed by atoms with E-state index in [0.717, 1.165) is 25.9 Å². The highest BCUT2D eigenvalue weighted by molar-refractivity contribution is 4.71. The van der Waals surface area contributed by atoms with E-state index < -0.39 is 12.7 Å². The Morgan fingerprint density at radius 2 is 1.85 bits per heavy atom. The van der Waals surface area contributed by atoms with Gasteiger partial charge >= 0.3 is 6.18 Å². The quantitative estimate of drug-likeness (QED) is 0.707. The lowest BCUT2D eigenvalue weighted by atomic mass is 9.98.